The molecule has 0 atom stereocenters. The molecule has 0 rings (SSSR count). The number of nitrogens with zero attached hydrogens (tertiary/aromatic N) is 2. The largest absolute Gasteiger partial charge is 0.390 e. The normalized spacial score (nSPS) is 12.9. The van der Waals surface area contributed by atoms with Crippen LogP contribution >= 0.6 is 0 Å². The summed E-state index contributed by atoms with van der Waals surface area (Å²) in [4.78, 5) is 0. The Morgan fingerprint density at radius 3 is 2.29 bits per heavy atom. The molecule has 8 heteroatoms. The fourth-order valence-corrected chi connectivity index (χ4v) is 1.37. The van der Waals surface area contributed by atoms with E-state index in [2.05, 4.69) is 0 Å². The van der Waals surface area contributed by atoms with E-state index in [9.17, 15) is 21.6 Å². The molecule has 0 heterocycles. The first kappa shape index (κ1) is 13.2. The van der Waals surface area contributed by atoms with Crippen molar-refractivity contribution in [2.75, 3.05) is 19.3 Å². The van der Waals surface area contributed by atoms with Crippen LogP contribution in [-0.4, -0.2) is 38.2 Å². The van der Waals surface area contributed by atoms with Gasteiger partial charge in [-0.05, 0) is 0 Å². The van der Waals surface area contributed by atoms with E-state index in [1.165, 1.54) is 6.07 Å². The van der Waals surface area contributed by atoms with Gasteiger partial charge in [0.2, 0.25) is 10.0 Å². The second kappa shape index (κ2) is 4.61. The van der Waals surface area contributed by atoms with Gasteiger partial charge in [-0.25, -0.2) is 12.7 Å². The first-order chi connectivity index (χ1) is 6.19. The van der Waals surface area contributed by atoms with Gasteiger partial charge in [-0.3, -0.25) is 0 Å². The van der Waals surface area contributed by atoms with Crippen LogP contribution in [0.25, 0.3) is 0 Å². The molecule has 0 N–H and O–H groups in total. The summed E-state index contributed by atoms with van der Waals surface area (Å²) in [5.74, 6) is -0.804. The number of nitriles is 1. The van der Waals surface area contributed by atoms with Crippen LogP contribution in [0.1, 0.15) is 6.42 Å². The molecule has 0 unspecified atom stereocenters. The number of sulfonamides is 1. The Bertz CT molecular complexity index is 317. The lowest BCUT2D eigenvalue weighted by Crippen LogP contribution is -2.32. The van der Waals surface area contributed by atoms with Gasteiger partial charge in [0.1, 0.15) is 0 Å². The summed E-state index contributed by atoms with van der Waals surface area (Å²) < 4.78 is 57.6. The highest BCUT2D eigenvalue weighted by Gasteiger charge is 2.29. The van der Waals surface area contributed by atoms with Crippen molar-refractivity contribution < 1.29 is 21.6 Å². The average molecular weight is 230 g/mol. The average Bonchev–Trinajstić information content (AvgIpc) is 1.98. The highest BCUT2D eigenvalue weighted by atomic mass is 32.2. The van der Waals surface area contributed by atoms with Gasteiger partial charge in [0.25, 0.3) is 0 Å². The summed E-state index contributed by atoms with van der Waals surface area (Å²) in [5.41, 5.74) is 0. The maximum Gasteiger partial charge on any atom is 0.390 e. The van der Waals surface area contributed by atoms with Gasteiger partial charge in [-0.15, -0.1) is 0 Å². The number of rotatable bonds is 4. The molecule has 0 aliphatic carbocycles. The topological polar surface area (TPSA) is 61.2 Å². The van der Waals surface area contributed by atoms with Crippen molar-refractivity contribution in [3.05, 3.63) is 0 Å². The molecule has 0 aromatic heterocycles. The van der Waals surface area contributed by atoms with Crippen LogP contribution in [0.15, 0.2) is 0 Å². The summed E-state index contributed by atoms with van der Waals surface area (Å²) in [6.45, 7) is -0.659. The third-order valence-corrected chi connectivity index (χ3v) is 3.06. The number of hydrogen-bond acceptors (Lipinski definition) is 3. The molecular weight excluding hydrogens is 221 g/mol. The molecule has 0 fully saturated rings. The van der Waals surface area contributed by atoms with Crippen molar-refractivity contribution in [1.82, 2.24) is 4.31 Å². The molecule has 0 saturated carbocycles. The van der Waals surface area contributed by atoms with Crippen LogP contribution in [0.5, 0.6) is 0 Å². The zero-order valence-electron chi connectivity index (χ0n) is 7.37. The molecule has 0 aromatic carbocycles. The minimum absolute atomic E-state index is 0.531. The van der Waals surface area contributed by atoms with Gasteiger partial charge in [0.05, 0.1) is 12.5 Å². The monoisotopic (exact) mass is 230 g/mol. The molecule has 14 heavy (non-hydrogen) atoms. The molecule has 82 valence electrons. The maximum absolute atomic E-state index is 11.7. The first-order valence-corrected chi connectivity index (χ1v) is 5.17. The van der Waals surface area contributed by atoms with Gasteiger partial charge in [0, 0.05) is 13.6 Å². The summed E-state index contributed by atoms with van der Waals surface area (Å²) in [7, 11) is -2.85. The van der Waals surface area contributed by atoms with Crippen LogP contribution in [0.2, 0.25) is 0 Å². The summed E-state index contributed by atoms with van der Waals surface area (Å²) in [5, 5.41) is 8.10. The van der Waals surface area contributed by atoms with E-state index in [1.54, 1.807) is 0 Å². The Kier molecular flexibility index (Phi) is 4.35. The second-order valence-corrected chi connectivity index (χ2v) is 4.68. The predicted molar refractivity (Wildman–Crippen MR) is 42.7 cm³/mol. The highest BCUT2D eigenvalue weighted by Crippen LogP contribution is 2.19. The third kappa shape index (κ3) is 5.04. The standard InChI is InChI=1S/C6H9F3N2O2S/c1-11(4-2-6(7,8)9)14(12,13)5-3-10/h2,4-5H2,1H3. The fraction of sp³-hybridized carbons (Fsp3) is 0.833. The van der Waals surface area contributed by atoms with Gasteiger partial charge in [-0.1, -0.05) is 0 Å². The summed E-state index contributed by atoms with van der Waals surface area (Å²) in [6.07, 6.45) is -5.61. The van der Waals surface area contributed by atoms with Crippen LogP contribution in [0.4, 0.5) is 13.2 Å². The number of hydrogen-bond donors (Lipinski definition) is 0. The van der Waals surface area contributed by atoms with E-state index in [0.29, 0.717) is 4.31 Å². The number of alkyl halides is 3. The Morgan fingerprint density at radius 1 is 1.43 bits per heavy atom. The summed E-state index contributed by atoms with van der Waals surface area (Å²) >= 11 is 0. The van der Waals surface area contributed by atoms with E-state index in [1.807, 2.05) is 0 Å². The van der Waals surface area contributed by atoms with Crippen molar-refractivity contribution in [3.63, 3.8) is 0 Å². The lowest BCUT2D eigenvalue weighted by molar-refractivity contribution is -0.135. The van der Waals surface area contributed by atoms with Crippen molar-refractivity contribution >= 4 is 10.0 Å². The second-order valence-electron chi connectivity index (χ2n) is 2.60. The van der Waals surface area contributed by atoms with Crippen molar-refractivity contribution in [2.24, 2.45) is 0 Å². The van der Waals surface area contributed by atoms with Crippen LogP contribution in [0.3, 0.4) is 0 Å². The minimum atomic E-state index is -4.39. The molecule has 0 spiro atoms. The molecule has 0 aromatic rings. The number of halogens is 3. The van der Waals surface area contributed by atoms with Crippen LogP contribution < -0.4 is 0 Å². The smallest absolute Gasteiger partial charge is 0.211 e. The Hall–Kier alpha value is -0.810. The van der Waals surface area contributed by atoms with E-state index in [0.717, 1.165) is 7.05 Å². The molecule has 0 radical (unpaired) electrons. The van der Waals surface area contributed by atoms with Gasteiger partial charge >= 0.3 is 6.18 Å². The van der Waals surface area contributed by atoms with Crippen LogP contribution in [0, 0.1) is 11.3 Å². The Labute approximate surface area is 80.0 Å². The lowest BCUT2D eigenvalue weighted by atomic mass is 10.4. The molecule has 4 nitrogen and oxygen atoms in total. The minimum Gasteiger partial charge on any atom is -0.211 e. The molecule has 0 saturated heterocycles. The maximum atomic E-state index is 11.7. The van der Waals surface area contributed by atoms with Crippen LogP contribution in [-0.2, 0) is 10.0 Å². The first-order valence-electron chi connectivity index (χ1n) is 3.57. The van der Waals surface area contributed by atoms with E-state index in [4.69, 9.17) is 5.26 Å². The third-order valence-electron chi connectivity index (χ3n) is 1.43. The van der Waals surface area contributed by atoms with Crippen molar-refractivity contribution in [2.45, 2.75) is 12.6 Å². The lowest BCUT2D eigenvalue weighted by Gasteiger charge is -2.15. The molecule has 0 aliphatic heterocycles. The predicted octanol–water partition coefficient (Wildman–Crippen LogP) is 0.724. The van der Waals surface area contributed by atoms with Gasteiger partial charge in [0.15, 0.2) is 5.75 Å². The fourth-order valence-electron chi connectivity index (χ4n) is 0.615. The molecular formula is C6H9F3N2O2S. The Balaban J connectivity index is 4.24. The highest BCUT2D eigenvalue weighted by molar-refractivity contribution is 7.89. The van der Waals surface area contributed by atoms with Crippen molar-refractivity contribution in [3.8, 4) is 6.07 Å². The van der Waals surface area contributed by atoms with E-state index < -0.39 is 34.9 Å². The molecule has 0 amide bonds. The van der Waals surface area contributed by atoms with Crippen molar-refractivity contribution in [1.29, 1.82) is 5.26 Å². The van der Waals surface area contributed by atoms with Gasteiger partial charge < -0.3 is 0 Å². The SMILES string of the molecule is CN(CCC(F)(F)F)S(=O)(=O)CC#N. The zero-order valence-corrected chi connectivity index (χ0v) is 8.19. The quantitative estimate of drug-likeness (QED) is 0.715. The molecule has 0 aliphatic rings. The van der Waals surface area contributed by atoms with E-state index in [-0.39, 0.29) is 0 Å². The Morgan fingerprint density at radius 2 is 1.93 bits per heavy atom. The summed E-state index contributed by atoms with van der Waals surface area (Å²) in [6, 6.07) is 1.38. The molecule has 0 bridgehead atoms. The van der Waals surface area contributed by atoms with E-state index >= 15 is 0 Å². The zero-order chi connectivity index (χ0) is 11.4. The van der Waals surface area contributed by atoms with Gasteiger partial charge in [-0.2, -0.15) is 18.4 Å².